The molecule has 0 radical (unpaired) electrons. The van der Waals surface area contributed by atoms with Gasteiger partial charge in [-0.05, 0) is 85.9 Å². The molecule has 0 aliphatic rings. The second-order valence-electron chi connectivity index (χ2n) is 8.22. The Labute approximate surface area is 210 Å². The Bertz CT molecular complexity index is 1360. The first kappa shape index (κ1) is 25.5. The molecule has 0 aliphatic heterocycles. The van der Waals surface area contributed by atoms with Gasteiger partial charge in [-0.1, -0.05) is 41.9 Å². The molecular formula is C28H26ClN3O3. The maximum atomic E-state index is 12.6. The lowest BCUT2D eigenvalue weighted by molar-refractivity contribution is -0.118. The zero-order valence-electron chi connectivity index (χ0n) is 20.0. The summed E-state index contributed by atoms with van der Waals surface area (Å²) < 4.78 is 5.57. The second kappa shape index (κ2) is 11.4. The first-order valence-corrected chi connectivity index (χ1v) is 11.3. The van der Waals surface area contributed by atoms with Gasteiger partial charge in [-0.2, -0.15) is 5.26 Å². The molecule has 3 rings (SSSR count). The zero-order chi connectivity index (χ0) is 25.5. The van der Waals surface area contributed by atoms with Gasteiger partial charge in [0.1, 0.15) is 17.4 Å². The molecule has 0 aliphatic carbocycles. The van der Waals surface area contributed by atoms with Crippen LogP contribution < -0.4 is 15.4 Å². The maximum absolute atomic E-state index is 12.6. The molecule has 3 aromatic rings. The van der Waals surface area contributed by atoms with Crippen LogP contribution in [-0.2, 0) is 9.59 Å². The van der Waals surface area contributed by atoms with Crippen LogP contribution in [0.15, 0.2) is 60.2 Å². The standard InChI is InChI=1S/C28H26ClN3O3/c1-17-8-9-19(3)25(12-17)31-27(33)16-35-26-11-10-21(14-23(26)29)13-22(15-30)28(34)32-24-7-5-6-18(2)20(24)4/h5-14H,16H2,1-4H3,(H,31,33)(H,32,34)/b22-13-. The molecule has 2 amide bonds. The molecule has 0 saturated heterocycles. The highest BCUT2D eigenvalue weighted by molar-refractivity contribution is 6.32. The number of carbonyl (C=O) groups is 2. The molecule has 3 aromatic carbocycles. The van der Waals surface area contributed by atoms with Crippen molar-refractivity contribution in [2.75, 3.05) is 17.2 Å². The van der Waals surface area contributed by atoms with Crippen molar-refractivity contribution in [1.29, 1.82) is 5.26 Å². The minimum atomic E-state index is -0.513. The average molecular weight is 488 g/mol. The lowest BCUT2D eigenvalue weighted by atomic mass is 10.1. The Balaban J connectivity index is 1.66. The topological polar surface area (TPSA) is 91.2 Å². The summed E-state index contributed by atoms with van der Waals surface area (Å²) in [5.74, 6) is -0.507. The van der Waals surface area contributed by atoms with Crippen LogP contribution in [0.25, 0.3) is 6.08 Å². The van der Waals surface area contributed by atoms with Crippen LogP contribution in [0, 0.1) is 39.0 Å². The molecule has 0 saturated carbocycles. The quantitative estimate of drug-likeness (QED) is 0.309. The molecule has 0 fully saturated rings. The molecule has 178 valence electrons. The van der Waals surface area contributed by atoms with Crippen molar-refractivity contribution in [2.24, 2.45) is 0 Å². The van der Waals surface area contributed by atoms with Crippen LogP contribution in [0.2, 0.25) is 5.02 Å². The number of nitrogens with zero attached hydrogens (tertiary/aromatic N) is 1. The molecule has 0 heterocycles. The van der Waals surface area contributed by atoms with Crippen LogP contribution in [-0.4, -0.2) is 18.4 Å². The van der Waals surface area contributed by atoms with Gasteiger partial charge in [-0.15, -0.1) is 0 Å². The molecule has 6 nitrogen and oxygen atoms in total. The zero-order valence-corrected chi connectivity index (χ0v) is 20.8. The Hall–Kier alpha value is -4.08. The highest BCUT2D eigenvalue weighted by atomic mass is 35.5. The van der Waals surface area contributed by atoms with E-state index in [1.165, 1.54) is 6.08 Å². The number of anilines is 2. The van der Waals surface area contributed by atoms with Crippen LogP contribution >= 0.6 is 11.6 Å². The molecule has 0 aromatic heterocycles. The Morgan fingerprint density at radius 2 is 1.74 bits per heavy atom. The van der Waals surface area contributed by atoms with Crippen LogP contribution in [0.1, 0.15) is 27.8 Å². The number of nitriles is 1. The van der Waals surface area contributed by atoms with Crippen LogP contribution in [0.4, 0.5) is 11.4 Å². The van der Waals surface area contributed by atoms with E-state index < -0.39 is 5.91 Å². The predicted octanol–water partition coefficient (Wildman–Crippen LogP) is 6.14. The summed E-state index contributed by atoms with van der Waals surface area (Å²) in [6, 6.07) is 18.1. The number of rotatable bonds is 7. The fourth-order valence-electron chi connectivity index (χ4n) is 3.32. The van der Waals surface area contributed by atoms with Gasteiger partial charge in [0, 0.05) is 11.4 Å². The highest BCUT2D eigenvalue weighted by Gasteiger charge is 2.13. The normalized spacial score (nSPS) is 10.9. The van der Waals surface area contributed by atoms with Crippen molar-refractivity contribution in [2.45, 2.75) is 27.7 Å². The summed E-state index contributed by atoms with van der Waals surface area (Å²) >= 11 is 6.32. The molecule has 35 heavy (non-hydrogen) atoms. The monoisotopic (exact) mass is 487 g/mol. The van der Waals surface area contributed by atoms with Gasteiger partial charge < -0.3 is 15.4 Å². The number of nitrogens with one attached hydrogen (secondary N) is 2. The lowest BCUT2D eigenvalue weighted by Crippen LogP contribution is -2.20. The van der Waals surface area contributed by atoms with Crippen molar-refractivity contribution in [3.8, 4) is 11.8 Å². The van der Waals surface area contributed by atoms with E-state index in [1.54, 1.807) is 24.3 Å². The van der Waals surface area contributed by atoms with Crippen molar-refractivity contribution < 1.29 is 14.3 Å². The van der Waals surface area contributed by atoms with Gasteiger partial charge >= 0.3 is 0 Å². The summed E-state index contributed by atoms with van der Waals surface area (Å²) in [5.41, 5.74) is 5.83. The maximum Gasteiger partial charge on any atom is 0.266 e. The van der Waals surface area contributed by atoms with Gasteiger partial charge in [-0.3, -0.25) is 9.59 Å². The van der Waals surface area contributed by atoms with E-state index in [-0.39, 0.29) is 23.1 Å². The van der Waals surface area contributed by atoms with Crippen molar-refractivity contribution in [1.82, 2.24) is 0 Å². The average Bonchev–Trinajstić information content (AvgIpc) is 2.82. The summed E-state index contributed by atoms with van der Waals surface area (Å²) in [6.45, 7) is 7.50. The molecule has 0 spiro atoms. The van der Waals surface area contributed by atoms with Crippen molar-refractivity contribution in [3.05, 3.63) is 93.0 Å². The van der Waals surface area contributed by atoms with E-state index in [9.17, 15) is 14.9 Å². The second-order valence-corrected chi connectivity index (χ2v) is 8.62. The number of halogens is 1. The SMILES string of the molecule is Cc1ccc(C)c(NC(=O)COc2ccc(/C=C(/C#N)C(=O)Nc3cccc(C)c3C)cc2Cl)c1. The van der Waals surface area contributed by atoms with E-state index in [1.807, 2.05) is 64.1 Å². The fraction of sp³-hybridized carbons (Fsp3) is 0.179. The van der Waals surface area contributed by atoms with Crippen LogP contribution in [0.3, 0.4) is 0 Å². The fourth-order valence-corrected chi connectivity index (χ4v) is 3.56. The predicted molar refractivity (Wildman–Crippen MR) is 140 cm³/mol. The van der Waals surface area contributed by atoms with E-state index in [0.29, 0.717) is 17.0 Å². The minimum Gasteiger partial charge on any atom is -0.482 e. The summed E-state index contributed by atoms with van der Waals surface area (Å²) in [6.07, 6.45) is 1.45. The molecule has 7 heteroatoms. The van der Waals surface area contributed by atoms with E-state index in [2.05, 4.69) is 10.6 Å². The van der Waals surface area contributed by atoms with Gasteiger partial charge in [0.2, 0.25) is 0 Å². The van der Waals surface area contributed by atoms with E-state index in [0.717, 1.165) is 27.9 Å². The first-order chi connectivity index (χ1) is 16.7. The number of carbonyl (C=O) groups excluding carboxylic acids is 2. The van der Waals surface area contributed by atoms with E-state index >= 15 is 0 Å². The lowest BCUT2D eigenvalue weighted by Gasteiger charge is -2.12. The van der Waals surface area contributed by atoms with Crippen molar-refractivity contribution in [3.63, 3.8) is 0 Å². The molecule has 0 atom stereocenters. The largest absolute Gasteiger partial charge is 0.482 e. The Morgan fingerprint density at radius 1 is 0.971 bits per heavy atom. The number of hydrogen-bond acceptors (Lipinski definition) is 4. The van der Waals surface area contributed by atoms with Crippen LogP contribution in [0.5, 0.6) is 5.75 Å². The molecule has 2 N–H and O–H groups in total. The van der Waals surface area contributed by atoms with E-state index in [4.69, 9.17) is 16.3 Å². The number of benzene rings is 3. The smallest absolute Gasteiger partial charge is 0.266 e. The Morgan fingerprint density at radius 3 is 2.46 bits per heavy atom. The third kappa shape index (κ3) is 6.72. The number of aryl methyl sites for hydroxylation is 3. The number of hydrogen-bond donors (Lipinski definition) is 2. The van der Waals surface area contributed by atoms with Gasteiger partial charge in [0.05, 0.1) is 5.02 Å². The highest BCUT2D eigenvalue weighted by Crippen LogP contribution is 2.27. The first-order valence-electron chi connectivity index (χ1n) is 11.0. The Kier molecular flexibility index (Phi) is 8.30. The number of ether oxygens (including phenoxy) is 1. The minimum absolute atomic E-state index is 0.0662. The molecule has 0 bridgehead atoms. The molecule has 0 unspecified atom stereocenters. The van der Waals surface area contributed by atoms with Gasteiger partial charge in [0.25, 0.3) is 11.8 Å². The third-order valence-electron chi connectivity index (χ3n) is 5.51. The summed E-state index contributed by atoms with van der Waals surface area (Å²) in [4.78, 5) is 24.9. The van der Waals surface area contributed by atoms with Gasteiger partial charge in [-0.25, -0.2) is 0 Å². The summed E-state index contributed by atoms with van der Waals surface area (Å²) in [5, 5.41) is 15.4. The third-order valence-corrected chi connectivity index (χ3v) is 5.81. The van der Waals surface area contributed by atoms with Crippen molar-refractivity contribution >= 4 is 40.9 Å². The van der Waals surface area contributed by atoms with Gasteiger partial charge in [0.15, 0.2) is 6.61 Å². The molecular weight excluding hydrogens is 462 g/mol. The summed E-state index contributed by atoms with van der Waals surface area (Å²) in [7, 11) is 0. The number of amides is 2.